The zero-order valence-corrected chi connectivity index (χ0v) is 14.3. The lowest BCUT2D eigenvalue weighted by Gasteiger charge is -2.30. The number of likely N-dealkylation sites (tertiary alicyclic amines) is 1. The van der Waals surface area contributed by atoms with Crippen LogP contribution >= 0.6 is 0 Å². The summed E-state index contributed by atoms with van der Waals surface area (Å²) in [7, 11) is 1.67. The van der Waals surface area contributed by atoms with Crippen LogP contribution in [0.5, 0.6) is 0 Å². The lowest BCUT2D eigenvalue weighted by atomic mass is 9.99. The molecule has 0 aliphatic carbocycles. The summed E-state index contributed by atoms with van der Waals surface area (Å²) in [5.41, 5.74) is 2.42. The first-order valence-electron chi connectivity index (χ1n) is 8.48. The zero-order valence-electron chi connectivity index (χ0n) is 14.3. The van der Waals surface area contributed by atoms with E-state index in [2.05, 4.69) is 41.4 Å². The molecule has 5 nitrogen and oxygen atoms in total. The van der Waals surface area contributed by atoms with Crippen LogP contribution in [0.25, 0.3) is 0 Å². The molecule has 1 aromatic carbocycles. The van der Waals surface area contributed by atoms with E-state index in [0.717, 1.165) is 18.0 Å². The zero-order chi connectivity index (χ0) is 16.7. The van der Waals surface area contributed by atoms with Gasteiger partial charge in [-0.3, -0.25) is 4.90 Å². The number of nitrogens with one attached hydrogen (secondary N) is 1. The van der Waals surface area contributed by atoms with E-state index in [1.807, 2.05) is 0 Å². The summed E-state index contributed by atoms with van der Waals surface area (Å²) >= 11 is 0. The van der Waals surface area contributed by atoms with Gasteiger partial charge in [0.15, 0.2) is 0 Å². The summed E-state index contributed by atoms with van der Waals surface area (Å²) in [6, 6.07) is 8.29. The van der Waals surface area contributed by atoms with Gasteiger partial charge in [-0.05, 0) is 43.0 Å². The first-order chi connectivity index (χ1) is 11.1. The van der Waals surface area contributed by atoms with Crippen molar-refractivity contribution in [3.8, 4) is 0 Å². The molecule has 0 radical (unpaired) electrons. The number of rotatable bonds is 6. The lowest BCUT2D eigenvalue weighted by molar-refractivity contribution is 0.185. The van der Waals surface area contributed by atoms with Gasteiger partial charge in [-0.15, -0.1) is 0 Å². The van der Waals surface area contributed by atoms with Crippen molar-refractivity contribution in [2.45, 2.75) is 32.9 Å². The Morgan fingerprint density at radius 1 is 1.26 bits per heavy atom. The molecule has 0 bridgehead atoms. The topological polar surface area (TPSA) is 55.8 Å². The van der Waals surface area contributed by atoms with Crippen molar-refractivity contribution in [1.82, 2.24) is 15.1 Å². The standard InChI is InChI=1S/C18H29N3O2/c1-15-7-9-21(10-8-15)14-17-5-3-16(4-6-17)13-19-18(23)20(2)11-12-22/h3-6,15,22H,7-14H2,1-2H3,(H,19,23). The normalized spacial score (nSPS) is 16.3. The molecular formula is C18H29N3O2. The maximum Gasteiger partial charge on any atom is 0.317 e. The minimum atomic E-state index is -0.162. The molecule has 0 aromatic heterocycles. The number of benzene rings is 1. The van der Waals surface area contributed by atoms with E-state index in [4.69, 9.17) is 5.11 Å². The van der Waals surface area contributed by atoms with Crippen molar-refractivity contribution in [2.75, 3.05) is 33.3 Å². The molecule has 2 N–H and O–H groups in total. The Morgan fingerprint density at radius 3 is 2.48 bits per heavy atom. The predicted molar refractivity (Wildman–Crippen MR) is 92.1 cm³/mol. The third-order valence-corrected chi connectivity index (χ3v) is 4.53. The third-order valence-electron chi connectivity index (χ3n) is 4.53. The van der Waals surface area contributed by atoms with Crippen molar-refractivity contribution in [3.05, 3.63) is 35.4 Å². The van der Waals surface area contributed by atoms with Crippen molar-refractivity contribution < 1.29 is 9.90 Å². The Balaban J connectivity index is 1.77. The second-order valence-electron chi connectivity index (χ2n) is 6.58. The van der Waals surface area contributed by atoms with E-state index >= 15 is 0 Å². The van der Waals surface area contributed by atoms with Gasteiger partial charge in [0.05, 0.1) is 6.61 Å². The summed E-state index contributed by atoms with van der Waals surface area (Å²) in [4.78, 5) is 15.8. The molecule has 0 spiro atoms. The monoisotopic (exact) mass is 319 g/mol. The van der Waals surface area contributed by atoms with Gasteiger partial charge < -0.3 is 15.3 Å². The Bertz CT molecular complexity index is 482. The average molecular weight is 319 g/mol. The van der Waals surface area contributed by atoms with Gasteiger partial charge in [-0.2, -0.15) is 0 Å². The Morgan fingerprint density at radius 2 is 1.87 bits per heavy atom. The molecule has 1 saturated heterocycles. The highest BCUT2D eigenvalue weighted by molar-refractivity contribution is 5.73. The van der Waals surface area contributed by atoms with Gasteiger partial charge in [0.25, 0.3) is 0 Å². The molecule has 1 aliphatic rings. The smallest absolute Gasteiger partial charge is 0.317 e. The van der Waals surface area contributed by atoms with E-state index in [1.54, 1.807) is 7.05 Å². The van der Waals surface area contributed by atoms with Gasteiger partial charge in [-0.25, -0.2) is 4.79 Å². The highest BCUT2D eigenvalue weighted by Gasteiger charge is 2.15. The molecule has 23 heavy (non-hydrogen) atoms. The second kappa shape index (κ2) is 8.89. The fraction of sp³-hybridized carbons (Fsp3) is 0.611. The van der Waals surface area contributed by atoms with E-state index in [0.29, 0.717) is 13.1 Å². The number of aliphatic hydroxyl groups is 1. The number of piperidine rings is 1. The van der Waals surface area contributed by atoms with Crippen molar-refractivity contribution in [3.63, 3.8) is 0 Å². The summed E-state index contributed by atoms with van der Waals surface area (Å²) < 4.78 is 0. The maximum absolute atomic E-state index is 11.8. The van der Waals surface area contributed by atoms with Gasteiger partial charge in [-0.1, -0.05) is 31.2 Å². The van der Waals surface area contributed by atoms with Crippen LogP contribution in [-0.2, 0) is 13.1 Å². The van der Waals surface area contributed by atoms with Crippen LogP contribution in [0.3, 0.4) is 0 Å². The van der Waals surface area contributed by atoms with E-state index in [9.17, 15) is 4.79 Å². The maximum atomic E-state index is 11.8. The van der Waals surface area contributed by atoms with Gasteiger partial charge in [0.2, 0.25) is 0 Å². The fourth-order valence-electron chi connectivity index (χ4n) is 2.81. The minimum absolute atomic E-state index is 0.0199. The predicted octanol–water partition coefficient (Wildman–Crippen LogP) is 2.05. The Hall–Kier alpha value is -1.59. The second-order valence-corrected chi connectivity index (χ2v) is 6.58. The van der Waals surface area contributed by atoms with Crippen LogP contribution in [-0.4, -0.2) is 54.2 Å². The number of urea groups is 1. The van der Waals surface area contributed by atoms with Gasteiger partial charge in [0.1, 0.15) is 0 Å². The molecule has 1 aromatic rings. The highest BCUT2D eigenvalue weighted by Crippen LogP contribution is 2.18. The third kappa shape index (κ3) is 5.84. The van der Waals surface area contributed by atoms with Gasteiger partial charge >= 0.3 is 6.03 Å². The van der Waals surface area contributed by atoms with Crippen molar-refractivity contribution in [2.24, 2.45) is 5.92 Å². The first kappa shape index (κ1) is 17.8. The summed E-state index contributed by atoms with van der Waals surface area (Å²) in [6.07, 6.45) is 2.59. The van der Waals surface area contributed by atoms with Crippen LogP contribution < -0.4 is 5.32 Å². The summed E-state index contributed by atoms with van der Waals surface area (Å²) in [6.45, 7) is 6.56. The highest BCUT2D eigenvalue weighted by atomic mass is 16.3. The molecule has 5 heteroatoms. The minimum Gasteiger partial charge on any atom is -0.395 e. The number of likely N-dealkylation sites (N-methyl/N-ethyl adjacent to an activating group) is 1. The molecule has 1 aliphatic heterocycles. The van der Waals surface area contributed by atoms with Crippen molar-refractivity contribution in [1.29, 1.82) is 0 Å². The van der Waals surface area contributed by atoms with Crippen LogP contribution in [0, 0.1) is 5.92 Å². The molecule has 128 valence electrons. The SMILES string of the molecule is CC1CCN(Cc2ccc(CNC(=O)N(C)CCO)cc2)CC1. The number of amides is 2. The largest absolute Gasteiger partial charge is 0.395 e. The number of hydrogen-bond acceptors (Lipinski definition) is 3. The van der Waals surface area contributed by atoms with Crippen LogP contribution in [0.2, 0.25) is 0 Å². The fourth-order valence-corrected chi connectivity index (χ4v) is 2.81. The summed E-state index contributed by atoms with van der Waals surface area (Å²) in [5.74, 6) is 0.862. The van der Waals surface area contributed by atoms with E-state index in [1.165, 1.54) is 36.4 Å². The summed E-state index contributed by atoms with van der Waals surface area (Å²) in [5, 5.41) is 11.7. The molecule has 1 heterocycles. The molecule has 2 rings (SSSR count). The number of nitrogens with zero attached hydrogens (tertiary/aromatic N) is 2. The van der Waals surface area contributed by atoms with E-state index in [-0.39, 0.29) is 12.6 Å². The molecule has 1 fully saturated rings. The molecule has 0 saturated carbocycles. The number of carbonyl (C=O) groups is 1. The lowest BCUT2D eigenvalue weighted by Crippen LogP contribution is -2.38. The Kier molecular flexibility index (Phi) is 6.86. The number of carbonyl (C=O) groups excluding carboxylic acids is 1. The van der Waals surface area contributed by atoms with Gasteiger partial charge in [0, 0.05) is 26.7 Å². The average Bonchev–Trinajstić information content (AvgIpc) is 2.56. The van der Waals surface area contributed by atoms with Crippen molar-refractivity contribution >= 4 is 6.03 Å². The Labute approximate surface area is 139 Å². The number of hydrogen-bond donors (Lipinski definition) is 2. The van der Waals surface area contributed by atoms with Crippen LogP contribution in [0.1, 0.15) is 30.9 Å². The molecule has 2 amide bonds. The van der Waals surface area contributed by atoms with Crippen LogP contribution in [0.4, 0.5) is 4.79 Å². The number of aliphatic hydroxyl groups excluding tert-OH is 1. The quantitative estimate of drug-likeness (QED) is 0.844. The molecule has 0 unspecified atom stereocenters. The first-order valence-corrected chi connectivity index (χ1v) is 8.48. The van der Waals surface area contributed by atoms with E-state index < -0.39 is 0 Å². The molecule has 0 atom stereocenters. The van der Waals surface area contributed by atoms with Crippen LogP contribution in [0.15, 0.2) is 24.3 Å². The molecular weight excluding hydrogens is 290 g/mol.